The van der Waals surface area contributed by atoms with Crippen molar-refractivity contribution in [1.29, 1.82) is 0 Å². The number of hydrogen-bond donors (Lipinski definition) is 0. The molecular weight excluding hydrogens is 262 g/mol. The van der Waals surface area contributed by atoms with Crippen LogP contribution in [0.2, 0.25) is 0 Å². The van der Waals surface area contributed by atoms with Crippen molar-refractivity contribution in [3.05, 3.63) is 33.8 Å². The van der Waals surface area contributed by atoms with E-state index in [4.69, 9.17) is 0 Å². The van der Waals surface area contributed by atoms with Gasteiger partial charge < -0.3 is 0 Å². The van der Waals surface area contributed by atoms with E-state index in [1.165, 1.54) is 10.4 Å². The molecule has 0 radical (unpaired) electrons. The van der Waals surface area contributed by atoms with Crippen molar-refractivity contribution in [2.24, 2.45) is 0 Å². The van der Waals surface area contributed by atoms with Crippen LogP contribution in [0.25, 0.3) is 0 Å². The minimum atomic E-state index is 0.760. The van der Waals surface area contributed by atoms with Crippen LogP contribution in [-0.4, -0.2) is 15.0 Å². The molecule has 2 aromatic rings. The van der Waals surface area contributed by atoms with E-state index in [0.717, 1.165) is 17.6 Å². The molecule has 0 aromatic carbocycles. The summed E-state index contributed by atoms with van der Waals surface area (Å²) in [5.74, 6) is 0. The lowest BCUT2D eigenvalue weighted by atomic mass is 10.3. The average Bonchev–Trinajstić information content (AvgIpc) is 2.76. The third kappa shape index (κ3) is 2.22. The lowest BCUT2D eigenvalue weighted by Gasteiger charge is -1.95. The first-order valence-electron chi connectivity index (χ1n) is 4.27. The third-order valence-corrected chi connectivity index (χ3v) is 3.34. The Hall–Kier alpha value is -0.680. The Morgan fingerprint density at radius 2 is 2.43 bits per heavy atom. The highest BCUT2D eigenvalue weighted by Gasteiger charge is 2.01. The lowest BCUT2D eigenvalue weighted by molar-refractivity contribution is 0.650. The largest absolute Gasteiger partial charge is 0.248 e. The second kappa shape index (κ2) is 4.23. The minimum absolute atomic E-state index is 0.760. The molecule has 0 bridgehead atoms. The number of nitrogens with zero attached hydrogens (tertiary/aromatic N) is 3. The SMILES string of the molecule is Cc1cc(Cn2cc(CBr)nn2)cs1. The summed E-state index contributed by atoms with van der Waals surface area (Å²) in [7, 11) is 0. The highest BCUT2D eigenvalue weighted by atomic mass is 79.9. The fraction of sp³-hybridized carbons (Fsp3) is 0.333. The molecule has 2 aromatic heterocycles. The van der Waals surface area contributed by atoms with Crippen LogP contribution in [0.4, 0.5) is 0 Å². The van der Waals surface area contributed by atoms with Crippen molar-refractivity contribution in [3.63, 3.8) is 0 Å². The molecule has 0 amide bonds. The van der Waals surface area contributed by atoms with Crippen LogP contribution in [0.15, 0.2) is 17.6 Å². The van der Waals surface area contributed by atoms with Crippen molar-refractivity contribution in [2.45, 2.75) is 18.8 Å². The first-order chi connectivity index (χ1) is 6.78. The van der Waals surface area contributed by atoms with Gasteiger partial charge in [-0.25, -0.2) is 4.68 Å². The maximum Gasteiger partial charge on any atom is 0.0932 e. The Balaban J connectivity index is 2.10. The van der Waals surface area contributed by atoms with Crippen molar-refractivity contribution in [2.75, 3.05) is 0 Å². The third-order valence-electron chi connectivity index (χ3n) is 1.85. The van der Waals surface area contributed by atoms with Gasteiger partial charge in [-0.3, -0.25) is 0 Å². The van der Waals surface area contributed by atoms with Gasteiger partial charge in [0, 0.05) is 16.4 Å². The van der Waals surface area contributed by atoms with Crippen LogP contribution < -0.4 is 0 Å². The highest BCUT2D eigenvalue weighted by Crippen LogP contribution is 2.14. The second-order valence-electron chi connectivity index (χ2n) is 3.11. The molecule has 0 unspecified atom stereocenters. The summed E-state index contributed by atoms with van der Waals surface area (Å²) in [6.45, 7) is 2.92. The van der Waals surface area contributed by atoms with Crippen LogP contribution in [-0.2, 0) is 11.9 Å². The Morgan fingerprint density at radius 3 is 3.00 bits per heavy atom. The van der Waals surface area contributed by atoms with Crippen LogP contribution in [0, 0.1) is 6.92 Å². The van der Waals surface area contributed by atoms with Gasteiger partial charge in [0.05, 0.1) is 12.2 Å². The van der Waals surface area contributed by atoms with Gasteiger partial charge in [-0.15, -0.1) is 16.4 Å². The van der Waals surface area contributed by atoms with Crippen LogP contribution in [0.3, 0.4) is 0 Å². The molecule has 2 rings (SSSR count). The number of halogens is 1. The summed E-state index contributed by atoms with van der Waals surface area (Å²) in [6, 6.07) is 2.18. The average molecular weight is 272 g/mol. The highest BCUT2D eigenvalue weighted by molar-refractivity contribution is 9.08. The molecule has 0 atom stereocenters. The van der Waals surface area contributed by atoms with Crippen LogP contribution in [0.5, 0.6) is 0 Å². The molecule has 74 valence electrons. The second-order valence-corrected chi connectivity index (χ2v) is 4.78. The van der Waals surface area contributed by atoms with Gasteiger partial charge in [-0.05, 0) is 23.9 Å². The summed E-state index contributed by atoms with van der Waals surface area (Å²) in [5, 5.41) is 11.0. The number of hydrogen-bond acceptors (Lipinski definition) is 3. The summed E-state index contributed by atoms with van der Waals surface area (Å²) < 4.78 is 1.86. The first kappa shape index (κ1) is 9.86. The van der Waals surface area contributed by atoms with Gasteiger partial charge in [-0.2, -0.15) is 0 Å². The Bertz CT molecular complexity index is 421. The number of thiophene rings is 1. The molecule has 0 aliphatic carbocycles. The van der Waals surface area contributed by atoms with Gasteiger partial charge in [0.25, 0.3) is 0 Å². The van der Waals surface area contributed by atoms with E-state index in [2.05, 4.69) is 44.6 Å². The zero-order valence-corrected chi connectivity index (χ0v) is 10.2. The normalized spacial score (nSPS) is 10.7. The van der Waals surface area contributed by atoms with Gasteiger partial charge in [0.15, 0.2) is 0 Å². The van der Waals surface area contributed by atoms with E-state index in [-0.39, 0.29) is 0 Å². The number of aryl methyl sites for hydroxylation is 1. The fourth-order valence-corrected chi connectivity index (χ4v) is 2.20. The standard InChI is InChI=1S/C9H10BrN3S/c1-7-2-8(6-14-7)4-13-5-9(3-10)11-12-13/h2,5-6H,3-4H2,1H3. The Labute approximate surface area is 94.9 Å². The van der Waals surface area contributed by atoms with Crippen molar-refractivity contribution in [3.8, 4) is 0 Å². The topological polar surface area (TPSA) is 30.7 Å². The maximum atomic E-state index is 4.03. The molecular formula is C9H10BrN3S. The molecule has 0 aliphatic heterocycles. The molecule has 0 saturated carbocycles. The lowest BCUT2D eigenvalue weighted by Crippen LogP contribution is -1.98. The molecule has 3 nitrogen and oxygen atoms in total. The molecule has 0 saturated heterocycles. The minimum Gasteiger partial charge on any atom is -0.248 e. The first-order valence-corrected chi connectivity index (χ1v) is 6.27. The number of rotatable bonds is 3. The van der Waals surface area contributed by atoms with E-state index < -0.39 is 0 Å². The molecule has 14 heavy (non-hydrogen) atoms. The van der Waals surface area contributed by atoms with E-state index in [1.54, 1.807) is 11.3 Å². The van der Waals surface area contributed by atoms with E-state index in [0.29, 0.717) is 0 Å². The summed E-state index contributed by atoms with van der Waals surface area (Å²) in [6.07, 6.45) is 1.96. The van der Waals surface area contributed by atoms with Crippen molar-refractivity contribution < 1.29 is 0 Å². The van der Waals surface area contributed by atoms with Crippen molar-refractivity contribution >= 4 is 27.3 Å². The predicted molar refractivity (Wildman–Crippen MR) is 60.8 cm³/mol. The summed E-state index contributed by atoms with van der Waals surface area (Å²) in [4.78, 5) is 1.33. The van der Waals surface area contributed by atoms with Crippen molar-refractivity contribution in [1.82, 2.24) is 15.0 Å². The number of aromatic nitrogens is 3. The van der Waals surface area contributed by atoms with E-state index >= 15 is 0 Å². The maximum absolute atomic E-state index is 4.03. The predicted octanol–water partition coefficient (Wildman–Crippen LogP) is 2.59. The molecule has 2 heterocycles. The zero-order valence-electron chi connectivity index (χ0n) is 7.77. The quantitative estimate of drug-likeness (QED) is 0.804. The molecule has 0 fully saturated rings. The van der Waals surface area contributed by atoms with E-state index in [9.17, 15) is 0 Å². The monoisotopic (exact) mass is 271 g/mol. The van der Waals surface area contributed by atoms with Gasteiger partial charge in [0.1, 0.15) is 0 Å². The Kier molecular flexibility index (Phi) is 2.98. The molecule has 0 N–H and O–H groups in total. The van der Waals surface area contributed by atoms with Crippen LogP contribution >= 0.6 is 27.3 Å². The smallest absolute Gasteiger partial charge is 0.0932 e. The zero-order chi connectivity index (χ0) is 9.97. The van der Waals surface area contributed by atoms with Gasteiger partial charge >= 0.3 is 0 Å². The van der Waals surface area contributed by atoms with Crippen LogP contribution in [0.1, 0.15) is 16.1 Å². The Morgan fingerprint density at radius 1 is 1.57 bits per heavy atom. The fourth-order valence-electron chi connectivity index (χ4n) is 1.24. The molecule has 0 aliphatic rings. The number of alkyl halides is 1. The summed E-state index contributed by atoms with van der Waals surface area (Å²) in [5.41, 5.74) is 2.26. The van der Waals surface area contributed by atoms with Gasteiger partial charge in [0.2, 0.25) is 0 Å². The molecule has 5 heteroatoms. The van der Waals surface area contributed by atoms with E-state index in [1.807, 2.05) is 10.9 Å². The summed E-state index contributed by atoms with van der Waals surface area (Å²) >= 11 is 5.11. The molecule has 0 spiro atoms. The van der Waals surface area contributed by atoms with Gasteiger partial charge in [-0.1, -0.05) is 21.1 Å².